The van der Waals surface area contributed by atoms with Crippen LogP contribution >= 0.6 is 0 Å². The molecule has 1 aliphatic heterocycles. The third-order valence-corrected chi connectivity index (χ3v) is 7.88. The van der Waals surface area contributed by atoms with Gasteiger partial charge in [0.1, 0.15) is 11.3 Å². The highest BCUT2D eigenvalue weighted by molar-refractivity contribution is 5.91. The smallest absolute Gasteiger partial charge is 0.250 e. The van der Waals surface area contributed by atoms with Crippen LogP contribution in [0.25, 0.3) is 22.4 Å². The third kappa shape index (κ3) is 5.58. The van der Waals surface area contributed by atoms with Gasteiger partial charge in [0.25, 0.3) is 5.56 Å². The summed E-state index contributed by atoms with van der Waals surface area (Å²) in [5.74, 6) is 0.909. The van der Waals surface area contributed by atoms with Crippen molar-refractivity contribution >= 4 is 16.7 Å². The molecule has 0 amide bonds. The minimum absolute atomic E-state index is 0.0361. The normalized spacial score (nSPS) is 14.6. The Kier molecular flexibility index (Phi) is 7.03. The highest BCUT2D eigenvalue weighted by Gasteiger charge is 2.21. The van der Waals surface area contributed by atoms with Crippen molar-refractivity contribution in [1.82, 2.24) is 19.4 Å². The molecule has 0 radical (unpaired) electrons. The Labute approximate surface area is 235 Å². The standard InChI is InChI=1S/C34H37N5O/c1-34(2,3)28-15-13-27(14-16-28)33-35-29-10-7-11-30(32(29)36-33)38-20-18-37(19-21-38)22-26-12-17-31(40)39(24-26)23-25-8-5-4-6-9-25/h4-17,24H,18-23H2,1-3H3,(H,35,36). The average Bonchev–Trinajstić information content (AvgIpc) is 3.40. The number of hydrogen-bond donors (Lipinski definition) is 1. The predicted octanol–water partition coefficient (Wildman–Crippen LogP) is 6.06. The average molecular weight is 532 g/mol. The summed E-state index contributed by atoms with van der Waals surface area (Å²) >= 11 is 0. The summed E-state index contributed by atoms with van der Waals surface area (Å²) in [7, 11) is 0. The van der Waals surface area contributed by atoms with Crippen molar-refractivity contribution in [2.75, 3.05) is 31.1 Å². The van der Waals surface area contributed by atoms with Gasteiger partial charge in [-0.2, -0.15) is 0 Å². The van der Waals surface area contributed by atoms with Crippen LogP contribution in [0.4, 0.5) is 5.69 Å². The Morgan fingerprint density at radius 1 is 0.775 bits per heavy atom. The molecule has 1 fully saturated rings. The summed E-state index contributed by atoms with van der Waals surface area (Å²) in [4.78, 5) is 26.0. The number of para-hydroxylation sites is 1. The molecule has 1 aliphatic rings. The molecule has 0 saturated carbocycles. The Hall–Kier alpha value is -4.16. The van der Waals surface area contributed by atoms with Crippen LogP contribution in [0, 0.1) is 0 Å². The number of fused-ring (bicyclic) bond motifs is 1. The van der Waals surface area contributed by atoms with Crippen LogP contribution < -0.4 is 10.5 Å². The van der Waals surface area contributed by atoms with Gasteiger partial charge < -0.3 is 14.5 Å². The van der Waals surface area contributed by atoms with Gasteiger partial charge in [0.15, 0.2) is 0 Å². The second-order valence-corrected chi connectivity index (χ2v) is 11.8. The van der Waals surface area contributed by atoms with E-state index in [0.29, 0.717) is 6.54 Å². The maximum Gasteiger partial charge on any atom is 0.250 e. The molecule has 2 aromatic heterocycles. The second-order valence-electron chi connectivity index (χ2n) is 11.8. The maximum absolute atomic E-state index is 12.5. The molecule has 0 unspecified atom stereocenters. The molecule has 3 aromatic carbocycles. The Bertz CT molecular complexity index is 1650. The first-order valence-electron chi connectivity index (χ1n) is 14.1. The molecule has 5 aromatic rings. The highest BCUT2D eigenvalue weighted by Crippen LogP contribution is 2.30. The Morgan fingerprint density at radius 2 is 1.52 bits per heavy atom. The molecular formula is C34H37N5O. The second kappa shape index (κ2) is 10.8. The lowest BCUT2D eigenvalue weighted by atomic mass is 9.87. The molecule has 3 heterocycles. The molecule has 0 spiro atoms. The number of imidazole rings is 1. The van der Waals surface area contributed by atoms with Crippen molar-refractivity contribution in [1.29, 1.82) is 0 Å². The molecule has 0 bridgehead atoms. The number of aromatic amines is 1. The summed E-state index contributed by atoms with van der Waals surface area (Å²) in [6.45, 7) is 11.9. The molecule has 0 atom stereocenters. The van der Waals surface area contributed by atoms with Crippen molar-refractivity contribution < 1.29 is 0 Å². The number of anilines is 1. The molecule has 6 nitrogen and oxygen atoms in total. The summed E-state index contributed by atoms with van der Waals surface area (Å²) in [6, 6.07) is 29.0. The van der Waals surface area contributed by atoms with Crippen LogP contribution in [-0.2, 0) is 18.5 Å². The number of aromatic nitrogens is 3. The third-order valence-electron chi connectivity index (χ3n) is 7.88. The molecule has 0 aliphatic carbocycles. The monoisotopic (exact) mass is 531 g/mol. The van der Waals surface area contributed by atoms with Crippen molar-refractivity contribution in [3.8, 4) is 11.4 Å². The van der Waals surface area contributed by atoms with E-state index in [2.05, 4.69) is 90.2 Å². The molecular weight excluding hydrogens is 494 g/mol. The largest absolute Gasteiger partial charge is 0.367 e. The SMILES string of the molecule is CC(C)(C)c1ccc(-c2nc3c(N4CCN(Cc5ccc(=O)n(Cc6ccccc6)c5)CC4)cccc3[nH]2)cc1. The first-order chi connectivity index (χ1) is 19.3. The Morgan fingerprint density at radius 3 is 2.25 bits per heavy atom. The van der Waals surface area contributed by atoms with E-state index in [1.165, 1.54) is 16.8 Å². The molecule has 40 heavy (non-hydrogen) atoms. The number of rotatable bonds is 6. The van der Waals surface area contributed by atoms with Crippen LogP contribution in [-0.4, -0.2) is 45.6 Å². The lowest BCUT2D eigenvalue weighted by Gasteiger charge is -2.36. The number of H-pyrrole nitrogens is 1. The number of nitrogens with zero attached hydrogens (tertiary/aromatic N) is 4. The number of hydrogen-bond acceptors (Lipinski definition) is 4. The fourth-order valence-electron chi connectivity index (χ4n) is 5.52. The van der Waals surface area contributed by atoms with E-state index >= 15 is 0 Å². The number of pyridine rings is 1. The van der Waals surface area contributed by atoms with Gasteiger partial charge in [-0.25, -0.2) is 4.98 Å². The quantitative estimate of drug-likeness (QED) is 0.289. The van der Waals surface area contributed by atoms with Gasteiger partial charge in [0.05, 0.1) is 17.7 Å². The van der Waals surface area contributed by atoms with Gasteiger partial charge in [-0.05, 0) is 34.2 Å². The lowest BCUT2D eigenvalue weighted by molar-refractivity contribution is 0.249. The van der Waals surface area contributed by atoms with E-state index < -0.39 is 0 Å². The van der Waals surface area contributed by atoms with E-state index in [4.69, 9.17) is 4.98 Å². The summed E-state index contributed by atoms with van der Waals surface area (Å²) in [5.41, 5.74) is 8.17. The number of benzene rings is 3. The molecule has 204 valence electrons. The first kappa shape index (κ1) is 26.1. The van der Waals surface area contributed by atoms with Gasteiger partial charge >= 0.3 is 0 Å². The van der Waals surface area contributed by atoms with Crippen molar-refractivity contribution in [3.05, 3.63) is 118 Å². The van der Waals surface area contributed by atoms with Crippen molar-refractivity contribution in [2.24, 2.45) is 0 Å². The number of piperazine rings is 1. The van der Waals surface area contributed by atoms with Gasteiger partial charge in [-0.1, -0.05) is 87.5 Å². The highest BCUT2D eigenvalue weighted by atomic mass is 16.1. The van der Waals surface area contributed by atoms with E-state index in [9.17, 15) is 4.79 Å². The van der Waals surface area contributed by atoms with E-state index in [-0.39, 0.29) is 11.0 Å². The molecule has 1 saturated heterocycles. The fraction of sp³-hybridized carbons (Fsp3) is 0.294. The molecule has 1 N–H and O–H groups in total. The van der Waals surface area contributed by atoms with Gasteiger partial charge in [0.2, 0.25) is 0 Å². The lowest BCUT2D eigenvalue weighted by Crippen LogP contribution is -2.46. The van der Waals surface area contributed by atoms with Crippen LogP contribution in [0.15, 0.2) is 95.9 Å². The zero-order valence-electron chi connectivity index (χ0n) is 23.6. The van der Waals surface area contributed by atoms with Crippen LogP contribution in [0.2, 0.25) is 0 Å². The number of nitrogens with one attached hydrogen (secondary N) is 1. The summed E-state index contributed by atoms with van der Waals surface area (Å²) in [6.07, 6.45) is 2.02. The molecule has 6 rings (SSSR count). The molecule has 6 heteroatoms. The maximum atomic E-state index is 12.5. The minimum Gasteiger partial charge on any atom is -0.367 e. The first-order valence-corrected chi connectivity index (χ1v) is 14.1. The zero-order valence-corrected chi connectivity index (χ0v) is 23.6. The van der Waals surface area contributed by atoms with Gasteiger partial charge in [-0.15, -0.1) is 0 Å². The van der Waals surface area contributed by atoms with E-state index in [0.717, 1.165) is 60.7 Å². The fourth-order valence-corrected chi connectivity index (χ4v) is 5.52. The summed E-state index contributed by atoms with van der Waals surface area (Å²) < 4.78 is 1.81. The van der Waals surface area contributed by atoms with Crippen LogP contribution in [0.1, 0.15) is 37.5 Å². The van der Waals surface area contributed by atoms with Gasteiger partial charge in [0, 0.05) is 50.6 Å². The topological polar surface area (TPSA) is 57.2 Å². The van der Waals surface area contributed by atoms with E-state index in [1.807, 2.05) is 35.0 Å². The van der Waals surface area contributed by atoms with Crippen molar-refractivity contribution in [3.63, 3.8) is 0 Å². The van der Waals surface area contributed by atoms with Crippen LogP contribution in [0.5, 0.6) is 0 Å². The zero-order chi connectivity index (χ0) is 27.7. The Balaban J connectivity index is 1.14. The van der Waals surface area contributed by atoms with Crippen molar-refractivity contribution in [2.45, 2.75) is 39.3 Å². The van der Waals surface area contributed by atoms with Gasteiger partial charge in [-0.3, -0.25) is 9.69 Å². The predicted molar refractivity (Wildman–Crippen MR) is 164 cm³/mol. The van der Waals surface area contributed by atoms with Crippen LogP contribution in [0.3, 0.4) is 0 Å². The minimum atomic E-state index is 0.0361. The van der Waals surface area contributed by atoms with E-state index in [1.54, 1.807) is 6.07 Å². The summed E-state index contributed by atoms with van der Waals surface area (Å²) in [5, 5.41) is 0.